The molecule has 0 aromatic heterocycles. The number of methoxy groups -OCH3 is 1. The molecule has 0 spiro atoms. The second-order valence-corrected chi connectivity index (χ2v) is 6.89. The number of carboxylic acid groups (broad SMARTS) is 1. The summed E-state index contributed by atoms with van der Waals surface area (Å²) in [6.45, 7) is 0.112. The van der Waals surface area contributed by atoms with E-state index in [1.54, 1.807) is 12.1 Å². The summed E-state index contributed by atoms with van der Waals surface area (Å²) in [5, 5.41) is 11.2. The van der Waals surface area contributed by atoms with Crippen LogP contribution in [0.3, 0.4) is 0 Å². The minimum atomic E-state index is -1.31. The van der Waals surface area contributed by atoms with Gasteiger partial charge in [-0.2, -0.15) is 0 Å². The Balaban J connectivity index is 1.94. The molecular formula is C20H14FN2O5S-. The van der Waals surface area contributed by atoms with Gasteiger partial charge in [-0.1, -0.05) is 24.3 Å². The fourth-order valence-corrected chi connectivity index (χ4v) is 3.41. The van der Waals surface area contributed by atoms with Gasteiger partial charge < -0.3 is 14.6 Å². The maximum Gasteiger partial charge on any atom is 0.331 e. The minimum absolute atomic E-state index is 0.00135. The number of carbonyl (C=O) groups is 3. The van der Waals surface area contributed by atoms with Gasteiger partial charge >= 0.3 is 5.97 Å². The van der Waals surface area contributed by atoms with Crippen molar-refractivity contribution in [1.82, 2.24) is 4.90 Å². The van der Waals surface area contributed by atoms with E-state index in [1.807, 2.05) is 0 Å². The summed E-state index contributed by atoms with van der Waals surface area (Å²) in [4.78, 5) is 41.1. The van der Waals surface area contributed by atoms with E-state index in [2.05, 4.69) is 9.73 Å². The van der Waals surface area contributed by atoms with Crippen LogP contribution in [0.25, 0.3) is 0 Å². The number of hydrogen-bond donors (Lipinski definition) is 0. The van der Waals surface area contributed by atoms with E-state index in [0.29, 0.717) is 11.3 Å². The monoisotopic (exact) mass is 413 g/mol. The number of esters is 1. The largest absolute Gasteiger partial charge is 0.545 e. The summed E-state index contributed by atoms with van der Waals surface area (Å²) >= 11 is 0.982. The third-order valence-electron chi connectivity index (χ3n) is 3.92. The number of amidine groups is 1. The van der Waals surface area contributed by atoms with Crippen LogP contribution in [0, 0.1) is 5.82 Å². The number of rotatable bonds is 5. The molecule has 0 unspecified atom stereocenters. The second-order valence-electron chi connectivity index (χ2n) is 5.88. The fourth-order valence-electron chi connectivity index (χ4n) is 2.45. The second kappa shape index (κ2) is 8.70. The Labute approximate surface area is 169 Å². The number of benzene rings is 2. The molecule has 1 heterocycles. The molecule has 2 aromatic rings. The van der Waals surface area contributed by atoms with Crippen LogP contribution < -0.4 is 5.11 Å². The average Bonchev–Trinajstić information content (AvgIpc) is 2.98. The van der Waals surface area contributed by atoms with Crippen LogP contribution in [0.5, 0.6) is 0 Å². The Morgan fingerprint density at radius 3 is 2.41 bits per heavy atom. The summed E-state index contributed by atoms with van der Waals surface area (Å²) < 4.78 is 17.7. The van der Waals surface area contributed by atoms with Crippen molar-refractivity contribution in [3.05, 3.63) is 76.5 Å². The minimum Gasteiger partial charge on any atom is -0.545 e. The molecule has 1 aliphatic heterocycles. The maximum atomic E-state index is 13.2. The van der Waals surface area contributed by atoms with Gasteiger partial charge in [0.1, 0.15) is 5.82 Å². The summed E-state index contributed by atoms with van der Waals surface area (Å²) in [7, 11) is 1.20. The highest BCUT2D eigenvalue weighted by atomic mass is 32.2. The molecule has 2 aromatic carbocycles. The van der Waals surface area contributed by atoms with E-state index in [-0.39, 0.29) is 22.2 Å². The highest BCUT2D eigenvalue weighted by molar-refractivity contribution is 8.18. The number of ether oxygens (including phenoxy) is 1. The predicted molar refractivity (Wildman–Crippen MR) is 103 cm³/mol. The third-order valence-corrected chi connectivity index (χ3v) is 4.93. The molecule has 7 nitrogen and oxygen atoms in total. The molecule has 148 valence electrons. The molecule has 1 saturated heterocycles. The first-order valence-corrected chi connectivity index (χ1v) is 9.13. The van der Waals surface area contributed by atoms with Crippen LogP contribution in [0.4, 0.5) is 10.1 Å². The number of aliphatic imine (C=N–C) groups is 1. The topological polar surface area (TPSA) is 99.1 Å². The van der Waals surface area contributed by atoms with Crippen LogP contribution in [0.1, 0.15) is 15.9 Å². The number of carboxylic acids is 1. The van der Waals surface area contributed by atoms with Gasteiger partial charge in [0.2, 0.25) is 0 Å². The summed E-state index contributed by atoms with van der Waals surface area (Å²) in [5.74, 6) is -2.84. The molecule has 29 heavy (non-hydrogen) atoms. The lowest BCUT2D eigenvalue weighted by Crippen LogP contribution is -2.28. The molecule has 1 fully saturated rings. The van der Waals surface area contributed by atoms with Crippen molar-refractivity contribution >= 4 is 40.5 Å². The van der Waals surface area contributed by atoms with Crippen molar-refractivity contribution in [3.63, 3.8) is 0 Å². The Bertz CT molecular complexity index is 1020. The maximum absolute atomic E-state index is 13.2. The molecule has 0 saturated carbocycles. The SMILES string of the molecule is COC(=O)/C=C1/SC(=Nc2ccc(C(=O)[O-])cc2)N(Cc2ccc(F)cc2)C1=O. The lowest BCUT2D eigenvalue weighted by Gasteiger charge is -2.15. The first-order valence-electron chi connectivity index (χ1n) is 8.31. The van der Waals surface area contributed by atoms with Gasteiger partial charge in [-0.15, -0.1) is 0 Å². The number of amides is 1. The van der Waals surface area contributed by atoms with Crippen molar-refractivity contribution in [3.8, 4) is 0 Å². The van der Waals surface area contributed by atoms with Gasteiger partial charge in [-0.05, 0) is 47.2 Å². The van der Waals surface area contributed by atoms with Crippen molar-refractivity contribution < 1.29 is 28.6 Å². The zero-order valence-corrected chi connectivity index (χ0v) is 15.9. The van der Waals surface area contributed by atoms with Crippen LogP contribution in [-0.2, 0) is 20.9 Å². The summed E-state index contributed by atoms with van der Waals surface area (Å²) in [5.41, 5.74) is 1.08. The average molecular weight is 413 g/mol. The fraction of sp³-hybridized carbons (Fsp3) is 0.100. The van der Waals surface area contributed by atoms with Crippen LogP contribution in [0.2, 0.25) is 0 Å². The van der Waals surface area contributed by atoms with Crippen LogP contribution >= 0.6 is 11.8 Å². The number of halogens is 1. The van der Waals surface area contributed by atoms with E-state index in [4.69, 9.17) is 0 Å². The van der Waals surface area contributed by atoms with Gasteiger partial charge in [0.05, 0.1) is 30.2 Å². The zero-order valence-electron chi connectivity index (χ0n) is 15.1. The van der Waals surface area contributed by atoms with Gasteiger partial charge in [-0.3, -0.25) is 9.69 Å². The molecule has 0 aliphatic carbocycles. The van der Waals surface area contributed by atoms with Gasteiger partial charge in [-0.25, -0.2) is 14.2 Å². The number of nitrogens with zero attached hydrogens (tertiary/aromatic N) is 2. The van der Waals surface area contributed by atoms with Crippen molar-refractivity contribution in [2.24, 2.45) is 4.99 Å². The van der Waals surface area contributed by atoms with E-state index >= 15 is 0 Å². The summed E-state index contributed by atoms with van der Waals surface area (Å²) in [6, 6.07) is 11.3. The van der Waals surface area contributed by atoms with Crippen LogP contribution in [0.15, 0.2) is 64.5 Å². The van der Waals surface area contributed by atoms with Crippen molar-refractivity contribution in [2.45, 2.75) is 6.54 Å². The molecule has 1 aliphatic rings. The lowest BCUT2D eigenvalue weighted by atomic mass is 10.2. The Hall–Kier alpha value is -3.46. The van der Waals surface area contributed by atoms with Crippen molar-refractivity contribution in [1.29, 1.82) is 0 Å². The number of hydrogen-bond acceptors (Lipinski definition) is 7. The number of carbonyl (C=O) groups excluding carboxylic acids is 3. The number of thioether (sulfide) groups is 1. The van der Waals surface area contributed by atoms with Gasteiger partial charge in [0.25, 0.3) is 5.91 Å². The quantitative estimate of drug-likeness (QED) is 0.549. The Kier molecular flexibility index (Phi) is 6.08. The Morgan fingerprint density at radius 1 is 1.17 bits per heavy atom. The standard InChI is InChI=1S/C20H15FN2O5S/c1-28-17(24)10-16-18(25)23(11-12-2-6-14(21)7-3-12)20(29-16)22-15-8-4-13(5-9-15)19(26)27/h2-10H,11H2,1H3,(H,26,27)/p-1/b16-10+,22-20?. The first kappa shape index (κ1) is 20.3. The van der Waals surface area contributed by atoms with Gasteiger partial charge in [0, 0.05) is 6.08 Å². The lowest BCUT2D eigenvalue weighted by molar-refractivity contribution is -0.255. The molecule has 9 heteroatoms. The third kappa shape index (κ3) is 4.88. The van der Waals surface area contributed by atoms with E-state index in [0.717, 1.165) is 17.8 Å². The highest BCUT2D eigenvalue weighted by Gasteiger charge is 2.34. The smallest absolute Gasteiger partial charge is 0.331 e. The van der Waals surface area contributed by atoms with E-state index < -0.39 is 23.7 Å². The van der Waals surface area contributed by atoms with E-state index in [9.17, 15) is 23.9 Å². The predicted octanol–water partition coefficient (Wildman–Crippen LogP) is 2.01. The molecule has 3 rings (SSSR count). The van der Waals surface area contributed by atoms with Crippen LogP contribution in [-0.4, -0.2) is 35.0 Å². The molecule has 1 amide bonds. The summed E-state index contributed by atoms with van der Waals surface area (Å²) in [6.07, 6.45) is 1.08. The molecular weight excluding hydrogens is 399 g/mol. The molecule has 0 N–H and O–H groups in total. The number of aromatic carboxylic acids is 1. The Morgan fingerprint density at radius 2 is 1.83 bits per heavy atom. The first-order chi connectivity index (χ1) is 13.9. The zero-order chi connectivity index (χ0) is 21.0. The molecule has 0 bridgehead atoms. The highest BCUT2D eigenvalue weighted by Crippen LogP contribution is 2.34. The molecule has 0 radical (unpaired) electrons. The molecule has 0 atom stereocenters. The van der Waals surface area contributed by atoms with E-state index in [1.165, 1.54) is 48.4 Å². The van der Waals surface area contributed by atoms with Crippen molar-refractivity contribution in [2.75, 3.05) is 7.11 Å². The normalized spacial score (nSPS) is 16.5. The van der Waals surface area contributed by atoms with Gasteiger partial charge in [0.15, 0.2) is 5.17 Å².